The highest BCUT2D eigenvalue weighted by atomic mass is 19.2. The first kappa shape index (κ1) is 21.5. The normalized spacial score (nSPS) is 14.9. The van der Waals surface area contributed by atoms with Crippen molar-refractivity contribution in [2.24, 2.45) is 0 Å². The van der Waals surface area contributed by atoms with E-state index in [0.29, 0.717) is 18.4 Å². The molecule has 0 saturated carbocycles. The van der Waals surface area contributed by atoms with E-state index < -0.39 is 41.5 Å². The van der Waals surface area contributed by atoms with Gasteiger partial charge < -0.3 is 20.0 Å². The molecule has 2 heterocycles. The molecule has 166 valence electrons. The Morgan fingerprint density at radius 1 is 1.09 bits per heavy atom. The zero-order valence-electron chi connectivity index (χ0n) is 17.1. The van der Waals surface area contributed by atoms with Crippen LogP contribution in [0.2, 0.25) is 0 Å². The molecule has 1 aromatic heterocycles. The van der Waals surface area contributed by atoms with E-state index in [1.165, 1.54) is 17.9 Å². The minimum atomic E-state index is -1.69. The fourth-order valence-corrected chi connectivity index (χ4v) is 3.76. The number of para-hydroxylation sites is 1. The van der Waals surface area contributed by atoms with Crippen LogP contribution < -0.4 is 15.5 Å². The third kappa shape index (κ3) is 4.18. The zero-order valence-corrected chi connectivity index (χ0v) is 17.1. The summed E-state index contributed by atoms with van der Waals surface area (Å²) in [5.74, 6) is -5.46. The molecule has 2 N–H and O–H groups in total. The van der Waals surface area contributed by atoms with E-state index in [1.54, 1.807) is 0 Å². The van der Waals surface area contributed by atoms with Crippen molar-refractivity contribution in [1.82, 2.24) is 5.32 Å². The molecule has 0 saturated heterocycles. The van der Waals surface area contributed by atoms with Gasteiger partial charge in [0.05, 0.1) is 30.6 Å². The Bertz CT molecular complexity index is 1180. The van der Waals surface area contributed by atoms with Crippen molar-refractivity contribution in [3.05, 3.63) is 83.1 Å². The summed E-state index contributed by atoms with van der Waals surface area (Å²) in [5.41, 5.74) is 2.05. The second kappa shape index (κ2) is 8.78. The summed E-state index contributed by atoms with van der Waals surface area (Å²) < 4.78 is 45.5. The van der Waals surface area contributed by atoms with E-state index in [-0.39, 0.29) is 11.6 Å². The molecule has 1 unspecified atom stereocenters. The molecular weight excluding hydrogens is 423 g/mol. The number of carbonyl (C=O) groups is 2. The Morgan fingerprint density at radius 3 is 2.69 bits per heavy atom. The van der Waals surface area contributed by atoms with Crippen LogP contribution in [-0.2, 0) is 17.8 Å². The van der Waals surface area contributed by atoms with Crippen LogP contribution in [0.4, 0.5) is 24.5 Å². The molecule has 32 heavy (non-hydrogen) atoms. The average molecular weight is 443 g/mol. The molecular formula is C23H20F3N3O3. The van der Waals surface area contributed by atoms with E-state index in [2.05, 4.69) is 28.5 Å². The molecule has 3 aromatic rings. The number of carbonyl (C=O) groups excluding carboxylic acids is 2. The van der Waals surface area contributed by atoms with Gasteiger partial charge in [-0.1, -0.05) is 18.2 Å². The van der Waals surface area contributed by atoms with E-state index in [0.717, 1.165) is 18.2 Å². The molecule has 1 aliphatic rings. The number of amides is 2. The third-order valence-electron chi connectivity index (χ3n) is 5.37. The van der Waals surface area contributed by atoms with Crippen molar-refractivity contribution in [3.63, 3.8) is 0 Å². The summed E-state index contributed by atoms with van der Waals surface area (Å²) in [6.45, 7) is 1.97. The molecule has 9 heteroatoms. The standard InChI is InChI=1S/C23H20F3N3O3/c1-13-10-14-4-2-3-5-18(14)29(13)12-19-15(8-9-32-19)23(31)27-11-20(30)28-17-7-6-16(24)21(25)22(17)26/h2-9,13H,10-12H2,1H3,(H,27,31)(H,28,30). The van der Waals surface area contributed by atoms with Gasteiger partial charge in [-0.05, 0) is 43.2 Å². The fourth-order valence-electron chi connectivity index (χ4n) is 3.76. The largest absolute Gasteiger partial charge is 0.467 e. The summed E-state index contributed by atoms with van der Waals surface area (Å²) in [4.78, 5) is 26.8. The lowest BCUT2D eigenvalue weighted by molar-refractivity contribution is -0.115. The third-order valence-corrected chi connectivity index (χ3v) is 5.37. The molecule has 0 radical (unpaired) electrons. The van der Waals surface area contributed by atoms with Gasteiger partial charge in [-0.3, -0.25) is 9.59 Å². The number of hydrogen-bond acceptors (Lipinski definition) is 4. The fraction of sp³-hybridized carbons (Fsp3) is 0.217. The Balaban J connectivity index is 1.39. The lowest BCUT2D eigenvalue weighted by atomic mass is 10.1. The molecule has 6 nitrogen and oxygen atoms in total. The van der Waals surface area contributed by atoms with Crippen molar-refractivity contribution in [1.29, 1.82) is 0 Å². The molecule has 1 atom stereocenters. The maximum atomic E-state index is 13.7. The van der Waals surface area contributed by atoms with Gasteiger partial charge in [0.15, 0.2) is 17.5 Å². The number of furan rings is 1. The number of rotatable bonds is 6. The van der Waals surface area contributed by atoms with Gasteiger partial charge in [0.25, 0.3) is 5.91 Å². The van der Waals surface area contributed by atoms with Crippen LogP contribution in [0.5, 0.6) is 0 Å². The number of benzene rings is 2. The highest BCUT2D eigenvalue weighted by molar-refractivity contribution is 5.99. The van der Waals surface area contributed by atoms with Gasteiger partial charge in [-0.2, -0.15) is 0 Å². The Labute approximate surface area is 182 Å². The summed E-state index contributed by atoms with van der Waals surface area (Å²) in [6.07, 6.45) is 2.28. The summed E-state index contributed by atoms with van der Waals surface area (Å²) in [5, 5.41) is 4.53. The first-order chi connectivity index (χ1) is 15.3. The minimum absolute atomic E-state index is 0.227. The monoisotopic (exact) mass is 443 g/mol. The van der Waals surface area contributed by atoms with Crippen LogP contribution in [0.15, 0.2) is 53.1 Å². The molecule has 0 fully saturated rings. The summed E-state index contributed by atoms with van der Waals surface area (Å²) in [7, 11) is 0. The predicted octanol–water partition coefficient (Wildman–Crippen LogP) is 4.02. The van der Waals surface area contributed by atoms with Gasteiger partial charge in [0.2, 0.25) is 5.91 Å². The molecule has 0 bridgehead atoms. The zero-order chi connectivity index (χ0) is 22.8. The number of halogens is 3. The van der Waals surface area contributed by atoms with Gasteiger partial charge >= 0.3 is 0 Å². The highest BCUT2D eigenvalue weighted by Gasteiger charge is 2.28. The maximum absolute atomic E-state index is 13.7. The molecule has 0 aliphatic carbocycles. The minimum Gasteiger partial charge on any atom is -0.467 e. The van der Waals surface area contributed by atoms with Crippen LogP contribution in [0.1, 0.15) is 28.6 Å². The quantitative estimate of drug-likeness (QED) is 0.565. The SMILES string of the molecule is CC1Cc2ccccc2N1Cc1occc1C(=O)NCC(=O)Nc1ccc(F)c(F)c1F. The Morgan fingerprint density at radius 2 is 1.88 bits per heavy atom. The number of hydrogen-bond donors (Lipinski definition) is 2. The van der Waals surface area contributed by atoms with Crippen molar-refractivity contribution in [2.75, 3.05) is 16.8 Å². The lowest BCUT2D eigenvalue weighted by Gasteiger charge is -2.24. The van der Waals surface area contributed by atoms with E-state index in [9.17, 15) is 22.8 Å². The first-order valence-electron chi connectivity index (χ1n) is 9.97. The molecule has 1 aliphatic heterocycles. The molecule has 2 aromatic carbocycles. The number of nitrogens with zero attached hydrogens (tertiary/aromatic N) is 1. The average Bonchev–Trinajstić information content (AvgIpc) is 3.37. The highest BCUT2D eigenvalue weighted by Crippen LogP contribution is 2.33. The second-order valence-electron chi connectivity index (χ2n) is 7.52. The van der Waals surface area contributed by atoms with Gasteiger partial charge in [-0.15, -0.1) is 0 Å². The summed E-state index contributed by atoms with van der Waals surface area (Å²) in [6, 6.07) is 11.3. The second-order valence-corrected chi connectivity index (χ2v) is 7.52. The van der Waals surface area contributed by atoms with Gasteiger partial charge in [0, 0.05) is 11.7 Å². The Kier molecular flexibility index (Phi) is 5.89. The van der Waals surface area contributed by atoms with Crippen LogP contribution in [0.3, 0.4) is 0 Å². The summed E-state index contributed by atoms with van der Waals surface area (Å²) >= 11 is 0. The van der Waals surface area contributed by atoms with Crippen LogP contribution in [-0.4, -0.2) is 24.4 Å². The van der Waals surface area contributed by atoms with Crippen molar-refractivity contribution in [3.8, 4) is 0 Å². The van der Waals surface area contributed by atoms with Crippen LogP contribution >= 0.6 is 0 Å². The van der Waals surface area contributed by atoms with Crippen LogP contribution in [0, 0.1) is 17.5 Å². The molecule has 0 spiro atoms. The van der Waals surface area contributed by atoms with E-state index in [4.69, 9.17) is 4.42 Å². The molecule has 4 rings (SSSR count). The first-order valence-corrected chi connectivity index (χ1v) is 9.97. The predicted molar refractivity (Wildman–Crippen MR) is 112 cm³/mol. The van der Waals surface area contributed by atoms with E-state index in [1.807, 2.05) is 18.2 Å². The van der Waals surface area contributed by atoms with Crippen molar-refractivity contribution < 1.29 is 27.2 Å². The molecule has 2 amide bonds. The maximum Gasteiger partial charge on any atom is 0.255 e. The number of fused-ring (bicyclic) bond motifs is 1. The smallest absolute Gasteiger partial charge is 0.255 e. The van der Waals surface area contributed by atoms with Crippen molar-refractivity contribution in [2.45, 2.75) is 25.9 Å². The van der Waals surface area contributed by atoms with Crippen molar-refractivity contribution >= 4 is 23.2 Å². The Hall–Kier alpha value is -3.75. The topological polar surface area (TPSA) is 74.6 Å². The lowest BCUT2D eigenvalue weighted by Crippen LogP contribution is -2.34. The number of nitrogens with one attached hydrogen (secondary N) is 2. The van der Waals surface area contributed by atoms with Crippen LogP contribution in [0.25, 0.3) is 0 Å². The van der Waals surface area contributed by atoms with Gasteiger partial charge in [0.1, 0.15) is 5.76 Å². The van der Waals surface area contributed by atoms with Gasteiger partial charge in [-0.25, -0.2) is 13.2 Å². The van der Waals surface area contributed by atoms with E-state index >= 15 is 0 Å². The number of anilines is 2.